The van der Waals surface area contributed by atoms with Crippen LogP contribution in [0, 0.1) is 0 Å². The molecule has 0 saturated heterocycles. The first-order valence-corrected chi connectivity index (χ1v) is 4.08. The highest BCUT2D eigenvalue weighted by molar-refractivity contribution is 8.03. The summed E-state index contributed by atoms with van der Waals surface area (Å²) in [7, 11) is 0. The molecular formula is C7H8OS. The van der Waals surface area contributed by atoms with E-state index < -0.39 is 0 Å². The average Bonchev–Trinajstić information content (AvgIpc) is 2.33. The van der Waals surface area contributed by atoms with Gasteiger partial charge in [-0.05, 0) is 18.1 Å². The summed E-state index contributed by atoms with van der Waals surface area (Å²) in [4.78, 5) is 1.44. The highest BCUT2D eigenvalue weighted by Gasteiger charge is 2.15. The van der Waals surface area contributed by atoms with E-state index in [0.717, 1.165) is 6.61 Å². The van der Waals surface area contributed by atoms with Crippen molar-refractivity contribution < 1.29 is 4.74 Å². The maximum Gasteiger partial charge on any atom is 0.118 e. The molecule has 0 aliphatic carbocycles. The van der Waals surface area contributed by atoms with Gasteiger partial charge in [0.1, 0.15) is 6.61 Å². The SMILES string of the molecule is C1=CC2=C(CO1)SCC2. The van der Waals surface area contributed by atoms with Crippen molar-refractivity contribution in [3.05, 3.63) is 22.8 Å². The van der Waals surface area contributed by atoms with Gasteiger partial charge in [-0.15, -0.1) is 11.8 Å². The molecule has 0 radical (unpaired) electrons. The van der Waals surface area contributed by atoms with Crippen molar-refractivity contribution >= 4 is 11.8 Å². The first kappa shape index (κ1) is 5.42. The fourth-order valence-electron chi connectivity index (χ4n) is 1.08. The second-order valence-corrected chi connectivity index (χ2v) is 3.35. The Kier molecular flexibility index (Phi) is 1.27. The molecule has 2 aliphatic heterocycles. The maximum absolute atomic E-state index is 5.12. The molecular weight excluding hydrogens is 132 g/mol. The summed E-state index contributed by atoms with van der Waals surface area (Å²) in [6.07, 6.45) is 5.11. The molecule has 2 aliphatic rings. The van der Waals surface area contributed by atoms with E-state index in [1.165, 1.54) is 22.7 Å². The first-order valence-electron chi connectivity index (χ1n) is 3.10. The van der Waals surface area contributed by atoms with E-state index in [1.807, 2.05) is 11.8 Å². The van der Waals surface area contributed by atoms with Crippen LogP contribution in [0.1, 0.15) is 6.42 Å². The largest absolute Gasteiger partial charge is 0.496 e. The predicted molar refractivity (Wildman–Crippen MR) is 39.2 cm³/mol. The molecule has 0 saturated carbocycles. The van der Waals surface area contributed by atoms with Crippen LogP contribution in [0.5, 0.6) is 0 Å². The third-order valence-corrected chi connectivity index (χ3v) is 2.72. The minimum atomic E-state index is 0.816. The van der Waals surface area contributed by atoms with Gasteiger partial charge in [-0.2, -0.15) is 0 Å². The molecule has 0 spiro atoms. The average molecular weight is 140 g/mol. The molecule has 2 rings (SSSR count). The van der Waals surface area contributed by atoms with Crippen LogP contribution in [0.4, 0.5) is 0 Å². The topological polar surface area (TPSA) is 9.23 Å². The second-order valence-electron chi connectivity index (χ2n) is 2.16. The van der Waals surface area contributed by atoms with Gasteiger partial charge in [-0.3, -0.25) is 0 Å². The van der Waals surface area contributed by atoms with Crippen molar-refractivity contribution in [3.8, 4) is 0 Å². The van der Waals surface area contributed by atoms with Crippen molar-refractivity contribution in [2.45, 2.75) is 6.42 Å². The van der Waals surface area contributed by atoms with E-state index in [0.29, 0.717) is 0 Å². The molecule has 0 aromatic heterocycles. The van der Waals surface area contributed by atoms with Crippen LogP contribution in [0.3, 0.4) is 0 Å². The van der Waals surface area contributed by atoms with Gasteiger partial charge in [0.15, 0.2) is 0 Å². The van der Waals surface area contributed by atoms with Crippen LogP contribution in [0.25, 0.3) is 0 Å². The van der Waals surface area contributed by atoms with E-state index >= 15 is 0 Å². The molecule has 48 valence electrons. The van der Waals surface area contributed by atoms with E-state index in [2.05, 4.69) is 6.08 Å². The normalized spacial score (nSPS) is 24.0. The van der Waals surface area contributed by atoms with Gasteiger partial charge in [-0.25, -0.2) is 0 Å². The summed E-state index contributed by atoms with van der Waals surface area (Å²) in [6, 6.07) is 0. The molecule has 0 atom stereocenters. The number of allylic oxidation sites excluding steroid dienone is 2. The number of hydrogen-bond acceptors (Lipinski definition) is 2. The van der Waals surface area contributed by atoms with E-state index in [4.69, 9.17) is 4.74 Å². The van der Waals surface area contributed by atoms with Crippen molar-refractivity contribution in [3.63, 3.8) is 0 Å². The minimum absolute atomic E-state index is 0.816. The molecule has 0 amide bonds. The summed E-state index contributed by atoms with van der Waals surface area (Å²) in [5.41, 5.74) is 1.49. The minimum Gasteiger partial charge on any atom is -0.496 e. The van der Waals surface area contributed by atoms with E-state index in [-0.39, 0.29) is 0 Å². The summed E-state index contributed by atoms with van der Waals surface area (Å²) in [5.74, 6) is 1.25. The lowest BCUT2D eigenvalue weighted by Crippen LogP contribution is -1.94. The van der Waals surface area contributed by atoms with Crippen LogP contribution in [0.2, 0.25) is 0 Å². The summed E-state index contributed by atoms with van der Waals surface area (Å²) in [6.45, 7) is 0.816. The third-order valence-electron chi connectivity index (χ3n) is 1.59. The molecule has 0 bridgehead atoms. The number of thioether (sulfide) groups is 1. The van der Waals surface area contributed by atoms with E-state index in [1.54, 1.807) is 6.26 Å². The molecule has 0 fully saturated rings. The number of hydrogen-bond donors (Lipinski definition) is 0. The van der Waals surface area contributed by atoms with Crippen molar-refractivity contribution in [2.75, 3.05) is 12.4 Å². The zero-order valence-electron chi connectivity index (χ0n) is 5.09. The monoisotopic (exact) mass is 140 g/mol. The fraction of sp³-hybridized carbons (Fsp3) is 0.429. The zero-order chi connectivity index (χ0) is 6.10. The van der Waals surface area contributed by atoms with Crippen LogP contribution in [-0.2, 0) is 4.74 Å². The molecule has 9 heavy (non-hydrogen) atoms. The van der Waals surface area contributed by atoms with Gasteiger partial charge in [0, 0.05) is 10.7 Å². The van der Waals surface area contributed by atoms with E-state index in [9.17, 15) is 0 Å². The Morgan fingerprint density at radius 1 is 1.56 bits per heavy atom. The Morgan fingerprint density at radius 3 is 3.44 bits per heavy atom. The Bertz CT molecular complexity index is 181. The number of rotatable bonds is 0. The quantitative estimate of drug-likeness (QED) is 0.508. The van der Waals surface area contributed by atoms with Gasteiger partial charge in [0.05, 0.1) is 6.26 Å². The lowest BCUT2D eigenvalue weighted by Gasteiger charge is -2.07. The van der Waals surface area contributed by atoms with Gasteiger partial charge in [0.2, 0.25) is 0 Å². The van der Waals surface area contributed by atoms with Gasteiger partial charge in [0.25, 0.3) is 0 Å². The van der Waals surface area contributed by atoms with Gasteiger partial charge in [-0.1, -0.05) is 0 Å². The number of ether oxygens (including phenoxy) is 1. The molecule has 0 unspecified atom stereocenters. The molecule has 0 N–H and O–H groups in total. The Morgan fingerprint density at radius 2 is 2.56 bits per heavy atom. The molecule has 2 heterocycles. The smallest absolute Gasteiger partial charge is 0.118 e. The molecule has 2 heteroatoms. The molecule has 0 aromatic carbocycles. The second kappa shape index (κ2) is 2.10. The Hall–Kier alpha value is -0.370. The van der Waals surface area contributed by atoms with Crippen LogP contribution in [-0.4, -0.2) is 12.4 Å². The lowest BCUT2D eigenvalue weighted by atomic mass is 10.2. The maximum atomic E-state index is 5.12. The van der Waals surface area contributed by atoms with Crippen molar-refractivity contribution in [1.82, 2.24) is 0 Å². The van der Waals surface area contributed by atoms with Gasteiger partial charge < -0.3 is 4.74 Å². The third kappa shape index (κ3) is 0.874. The molecule has 0 aromatic rings. The summed E-state index contributed by atoms with van der Waals surface area (Å²) in [5, 5.41) is 0. The predicted octanol–water partition coefficient (Wildman–Crippen LogP) is 1.92. The lowest BCUT2D eigenvalue weighted by molar-refractivity contribution is 0.281. The highest BCUT2D eigenvalue weighted by atomic mass is 32.2. The van der Waals surface area contributed by atoms with Crippen LogP contribution < -0.4 is 0 Å². The Labute approximate surface area is 58.8 Å². The summed E-state index contributed by atoms with van der Waals surface area (Å²) < 4.78 is 5.12. The van der Waals surface area contributed by atoms with Gasteiger partial charge >= 0.3 is 0 Å². The summed E-state index contributed by atoms with van der Waals surface area (Å²) >= 11 is 1.93. The Balaban J connectivity index is 2.28. The zero-order valence-corrected chi connectivity index (χ0v) is 5.91. The van der Waals surface area contributed by atoms with Crippen LogP contribution >= 0.6 is 11.8 Å². The highest BCUT2D eigenvalue weighted by Crippen LogP contribution is 2.33. The van der Waals surface area contributed by atoms with Crippen LogP contribution in [0.15, 0.2) is 22.8 Å². The molecule has 1 nitrogen and oxygen atoms in total. The van der Waals surface area contributed by atoms with Crippen molar-refractivity contribution in [1.29, 1.82) is 0 Å². The fourth-order valence-corrected chi connectivity index (χ4v) is 2.16. The van der Waals surface area contributed by atoms with Crippen molar-refractivity contribution in [2.24, 2.45) is 0 Å². The first-order chi connectivity index (χ1) is 4.47. The standard InChI is InChI=1S/C7H8OS/c1-3-8-5-7-6(1)2-4-9-7/h1,3H,2,4-5H2.